The largest absolute Gasteiger partial charge is 1.00 e. The summed E-state index contributed by atoms with van der Waals surface area (Å²) in [5.41, 5.74) is 2.81. The summed E-state index contributed by atoms with van der Waals surface area (Å²) in [6.45, 7) is 23.0. The molecule has 3 aliphatic heterocycles. The number of nitrogens with two attached hydrogens (primary N) is 1. The van der Waals surface area contributed by atoms with Gasteiger partial charge in [0.2, 0.25) is 6.04 Å². The molecule has 8 amide bonds. The summed E-state index contributed by atoms with van der Waals surface area (Å²) >= 11 is 2.28. The molecule has 4 aromatic rings. The highest BCUT2D eigenvalue weighted by Gasteiger charge is 2.54. The van der Waals surface area contributed by atoms with E-state index in [1.807, 2.05) is 13.0 Å². The van der Waals surface area contributed by atoms with Crippen molar-refractivity contribution in [3.63, 3.8) is 0 Å². The van der Waals surface area contributed by atoms with E-state index in [-0.39, 0.29) is 104 Å². The van der Waals surface area contributed by atoms with Crippen LogP contribution in [0.5, 0.6) is 0 Å². The van der Waals surface area contributed by atoms with Gasteiger partial charge in [0.1, 0.15) is 58.9 Å². The normalized spacial score (nSPS) is 17.9. The van der Waals surface area contributed by atoms with Gasteiger partial charge in [-0.3, -0.25) is 19.3 Å². The van der Waals surface area contributed by atoms with E-state index in [0.717, 1.165) is 57.1 Å². The predicted molar refractivity (Wildman–Crippen MR) is 317 cm³/mol. The number of pyridine rings is 2. The quantitative estimate of drug-likeness (QED) is 0.0137. The molecule has 2 aromatic heterocycles. The van der Waals surface area contributed by atoms with Crippen molar-refractivity contribution >= 4 is 133 Å². The van der Waals surface area contributed by atoms with E-state index in [2.05, 4.69) is 62.9 Å². The van der Waals surface area contributed by atoms with Crippen molar-refractivity contribution in [1.29, 1.82) is 0 Å². The maximum Gasteiger partial charge on any atom is 0.456 e. The molecule has 5 aliphatic rings. The third-order valence-electron chi connectivity index (χ3n) is 17.1. The summed E-state index contributed by atoms with van der Waals surface area (Å²) in [5.74, 6) is -8.33. The number of aryl methyl sites for hydroxylation is 1. The maximum atomic E-state index is 15.0. The van der Waals surface area contributed by atoms with Crippen LogP contribution in [0.4, 0.5) is 0 Å². The molecule has 2 aliphatic carbocycles. The van der Waals surface area contributed by atoms with Crippen LogP contribution in [0.15, 0.2) is 59.4 Å². The minimum Gasteiger partial charge on any atom is -1.00 e. The van der Waals surface area contributed by atoms with Gasteiger partial charge in [0.15, 0.2) is 18.2 Å². The molecule has 0 unspecified atom stereocenters. The zero-order chi connectivity index (χ0) is 63.1. The summed E-state index contributed by atoms with van der Waals surface area (Å²) in [6, 6.07) is 8.72. The van der Waals surface area contributed by atoms with Gasteiger partial charge in [-0.1, -0.05) is 43.7 Å². The molecule has 4 atom stereocenters. The van der Waals surface area contributed by atoms with Crippen molar-refractivity contribution in [2.75, 3.05) is 46.1 Å². The van der Waals surface area contributed by atoms with Crippen molar-refractivity contribution in [1.82, 2.24) is 14.5 Å². The molecule has 0 bridgehead atoms. The molecule has 2 aromatic carbocycles. The Balaban J connectivity index is 0.00000564. The van der Waals surface area contributed by atoms with Crippen LogP contribution in [0.2, 0.25) is 0 Å². The number of aliphatic carboxylic acids is 1. The van der Waals surface area contributed by atoms with Gasteiger partial charge >= 0.3 is 47.4 Å². The average molecular weight is 1560 g/mol. The van der Waals surface area contributed by atoms with Crippen LogP contribution in [0, 0.1) is 15.9 Å². The minimum absolute atomic E-state index is 0. The van der Waals surface area contributed by atoms with Crippen LogP contribution in [-0.2, 0) is 89.0 Å². The smallest absolute Gasteiger partial charge is 0.456 e. The lowest BCUT2D eigenvalue weighted by atomic mass is 9.68. The van der Waals surface area contributed by atoms with E-state index in [9.17, 15) is 57.8 Å². The lowest BCUT2D eigenvalue weighted by Crippen LogP contribution is -3.00. The highest BCUT2D eigenvalue weighted by Crippen LogP contribution is 2.49. The van der Waals surface area contributed by atoms with Gasteiger partial charge in [-0.15, -0.1) is 4.58 Å². The SMILES string of the molecule is C=[N+](COCC1(C(=O)[N+](=C)[C@@H]2CCc3c(C)c(I)cc4nc5c(c2c34)Cn2c-5cc3c(c2=O)COC(=O)[C@]3(O)CC)CCC1)C(=O)C[N+](=C)C(=O)[C@H](Cc1ccccc1)[N+](=C)C(=O)C[N+](=C)C(=O)C[N+](=C)C(=O)[C@H](C[NH2+]CC(=O)O)N1C(=O)C=CC1=O.[I-].[I-]. The van der Waals surface area contributed by atoms with Crippen molar-refractivity contribution in [2.24, 2.45) is 5.41 Å². The Hall–Kier alpha value is -7.27. The standard InChI is InChI=1S/C61H64IN10O15.2HI/c1-9-61(85)39-23-43-54-37(27-71(43)55(80)38(39)31-87-59(61)84)53-42(17-16-36-34(2)40(62)24-41(64-54)52(36)53)70(8)58(83)60(20-13-21-60)32-86-33-68(6)49(76)29-66(4)56(81)44(22-35-14-11-10-12-15-35)69(7)50(77)30-65(3)48(75)28-67(5)57(82)45(25-63-26-51(78)79)72-46(73)18-19-47(72)74;;/h10-12,14-15,18-19,23-24,42,44-45,63,85H,3-9,13,16-17,20-22,25-33H2,1-2H3;2*1H/q+5;;/t42-,44+,45+,61+;;/m1../s1. The number of imide groups is 1. The number of cyclic esters (lactones) is 1. The number of fused-ring (bicyclic) bond motifs is 5. The topological polar surface area (TPSA) is 302 Å². The number of hydrogen-bond acceptors (Lipinski definition) is 15. The first kappa shape index (κ1) is 69.2. The van der Waals surface area contributed by atoms with Crippen LogP contribution in [0.3, 0.4) is 0 Å². The van der Waals surface area contributed by atoms with Gasteiger partial charge in [-0.25, -0.2) is 43.3 Å². The Morgan fingerprint density at radius 1 is 0.854 bits per heavy atom. The van der Waals surface area contributed by atoms with Crippen LogP contribution >= 0.6 is 22.6 Å². The van der Waals surface area contributed by atoms with Gasteiger partial charge in [0, 0.05) is 50.6 Å². The number of aliphatic hydroxyl groups is 1. The lowest BCUT2D eigenvalue weighted by Gasteiger charge is -2.37. The number of aromatic nitrogens is 2. The van der Waals surface area contributed by atoms with Crippen molar-refractivity contribution in [3.8, 4) is 11.4 Å². The van der Waals surface area contributed by atoms with Crippen molar-refractivity contribution in [2.45, 2.75) is 95.7 Å². The number of halogens is 3. The molecule has 25 nitrogen and oxygen atoms in total. The number of benzene rings is 2. The first-order valence-electron chi connectivity index (χ1n) is 28.0. The molecule has 9 rings (SSSR count). The Kier molecular flexibility index (Phi) is 21.7. The van der Waals surface area contributed by atoms with E-state index in [1.165, 1.54) is 9.89 Å². The molecule has 1 saturated carbocycles. The molecule has 0 saturated heterocycles. The first-order chi connectivity index (χ1) is 41.2. The van der Waals surface area contributed by atoms with Gasteiger partial charge in [0.25, 0.3) is 49.8 Å². The Morgan fingerprint density at radius 2 is 1.48 bits per heavy atom. The molecular weight excluding hydrogens is 1490 g/mol. The van der Waals surface area contributed by atoms with E-state index in [4.69, 9.17) is 19.6 Å². The minimum atomic E-state index is -2.02. The maximum absolute atomic E-state index is 15.0. The fourth-order valence-electron chi connectivity index (χ4n) is 11.9. The average Bonchev–Trinajstić information content (AvgIpc) is 1.78. The molecule has 89 heavy (non-hydrogen) atoms. The van der Waals surface area contributed by atoms with Gasteiger partial charge in [-0.2, -0.15) is 22.9 Å². The Bertz CT molecular complexity index is 3930. The second-order valence-electron chi connectivity index (χ2n) is 22.4. The molecule has 1 fully saturated rings. The van der Waals surface area contributed by atoms with E-state index < -0.39 is 121 Å². The summed E-state index contributed by atoms with van der Waals surface area (Å²) in [4.78, 5) is 153. The molecular formula is C61H66I3N10O15+5. The van der Waals surface area contributed by atoms with Crippen LogP contribution in [0.1, 0.15) is 84.0 Å². The summed E-state index contributed by atoms with van der Waals surface area (Å²) in [5, 5.41) is 22.7. The monoisotopic (exact) mass is 1560 g/mol. The van der Waals surface area contributed by atoms with Gasteiger partial charge < -0.3 is 77.5 Å². The van der Waals surface area contributed by atoms with E-state index in [0.29, 0.717) is 68.6 Å². The zero-order valence-electron chi connectivity index (χ0n) is 48.9. The van der Waals surface area contributed by atoms with Gasteiger partial charge in [-0.05, 0) is 84.0 Å². The number of nitrogens with zero attached hydrogens (tertiary/aromatic N) is 9. The zero-order valence-corrected chi connectivity index (χ0v) is 55.4. The third-order valence-corrected chi connectivity index (χ3v) is 18.2. The highest BCUT2D eigenvalue weighted by atomic mass is 127. The number of amides is 8. The number of carbonyl (C=O) groups excluding carboxylic acids is 9. The van der Waals surface area contributed by atoms with E-state index >= 15 is 0 Å². The highest BCUT2D eigenvalue weighted by molar-refractivity contribution is 14.1. The lowest BCUT2D eigenvalue weighted by molar-refractivity contribution is -0.648. The number of carbonyl (C=O) groups is 10. The number of quaternary nitrogens is 1. The number of carboxylic acids is 1. The number of carboxylic acid groups (broad SMARTS) is 1. The number of esters is 1. The van der Waals surface area contributed by atoms with Crippen LogP contribution in [0.25, 0.3) is 22.3 Å². The van der Waals surface area contributed by atoms with Crippen molar-refractivity contribution < 1.29 is 148 Å². The molecule has 28 heteroatoms. The molecule has 0 radical (unpaired) electrons. The molecule has 5 heterocycles. The summed E-state index contributed by atoms with van der Waals surface area (Å²) < 4.78 is 19.5. The van der Waals surface area contributed by atoms with Crippen molar-refractivity contribution in [3.05, 3.63) is 107 Å². The molecule has 0 spiro atoms. The number of hydrogen-bond donors (Lipinski definition) is 3. The fourth-order valence-corrected chi connectivity index (χ4v) is 12.5. The fraction of sp³-hybridized carbons (Fsp3) is 0.377. The Labute approximate surface area is 557 Å². The summed E-state index contributed by atoms with van der Waals surface area (Å²) in [6.07, 6.45) is 4.49. The van der Waals surface area contributed by atoms with Crippen LogP contribution < -0.4 is 58.8 Å². The summed E-state index contributed by atoms with van der Waals surface area (Å²) in [7, 11) is 0. The Morgan fingerprint density at radius 3 is 2.10 bits per heavy atom. The second kappa shape index (κ2) is 27.9. The third kappa shape index (κ3) is 13.3. The first-order valence-corrected chi connectivity index (χ1v) is 29.0. The number of ether oxygens (including phenoxy) is 2. The molecule has 466 valence electrons. The number of rotatable bonds is 23. The van der Waals surface area contributed by atoms with E-state index in [1.54, 1.807) is 47.9 Å². The predicted octanol–water partition coefficient (Wildman–Crippen LogP) is -6.88. The van der Waals surface area contributed by atoms with Gasteiger partial charge in [0.05, 0.1) is 35.6 Å². The second-order valence-corrected chi connectivity index (χ2v) is 23.6. The van der Waals surface area contributed by atoms with Crippen LogP contribution in [-0.4, -0.2) is 210 Å². The molecule has 4 N–H and O–H groups in total.